The SMILES string of the molecule is COC(=O)[C@H](Cc1ccc(F)cc1)OC. The van der Waals surface area contributed by atoms with Crippen molar-refractivity contribution in [1.29, 1.82) is 0 Å². The highest BCUT2D eigenvalue weighted by molar-refractivity contribution is 5.74. The number of methoxy groups -OCH3 is 2. The van der Waals surface area contributed by atoms with Gasteiger partial charge in [0.1, 0.15) is 5.82 Å². The van der Waals surface area contributed by atoms with Crippen LogP contribution in [0.15, 0.2) is 24.3 Å². The number of ether oxygens (including phenoxy) is 2. The summed E-state index contributed by atoms with van der Waals surface area (Å²) in [5.41, 5.74) is 0.827. The Morgan fingerprint density at radius 3 is 2.40 bits per heavy atom. The normalized spacial score (nSPS) is 12.2. The molecule has 4 heteroatoms. The van der Waals surface area contributed by atoms with E-state index in [1.165, 1.54) is 26.4 Å². The molecule has 1 rings (SSSR count). The molecule has 3 nitrogen and oxygen atoms in total. The summed E-state index contributed by atoms with van der Waals surface area (Å²) in [5, 5.41) is 0. The highest BCUT2D eigenvalue weighted by atomic mass is 19.1. The van der Waals surface area contributed by atoms with Crippen molar-refractivity contribution < 1.29 is 18.7 Å². The van der Waals surface area contributed by atoms with E-state index in [0.29, 0.717) is 6.42 Å². The number of carbonyl (C=O) groups excluding carboxylic acids is 1. The van der Waals surface area contributed by atoms with Crippen LogP contribution in [0.25, 0.3) is 0 Å². The third-order valence-corrected chi connectivity index (χ3v) is 2.08. The Morgan fingerprint density at radius 2 is 1.93 bits per heavy atom. The minimum absolute atomic E-state index is 0.300. The molecule has 0 heterocycles. The number of hydrogen-bond donors (Lipinski definition) is 0. The highest BCUT2D eigenvalue weighted by Gasteiger charge is 2.18. The van der Waals surface area contributed by atoms with Crippen molar-refractivity contribution in [3.05, 3.63) is 35.6 Å². The molecule has 82 valence electrons. The van der Waals surface area contributed by atoms with Crippen molar-refractivity contribution in [2.45, 2.75) is 12.5 Å². The van der Waals surface area contributed by atoms with Crippen molar-refractivity contribution >= 4 is 5.97 Å². The summed E-state index contributed by atoms with van der Waals surface area (Å²) in [6.45, 7) is 0. The van der Waals surface area contributed by atoms with Crippen molar-refractivity contribution in [2.75, 3.05) is 14.2 Å². The summed E-state index contributed by atoms with van der Waals surface area (Å²) in [7, 11) is 2.74. The molecule has 0 aliphatic rings. The van der Waals surface area contributed by atoms with Gasteiger partial charge in [0.15, 0.2) is 6.10 Å². The van der Waals surface area contributed by atoms with Crippen LogP contribution in [0, 0.1) is 5.82 Å². The van der Waals surface area contributed by atoms with Crippen molar-refractivity contribution in [1.82, 2.24) is 0 Å². The van der Waals surface area contributed by atoms with Gasteiger partial charge >= 0.3 is 5.97 Å². The van der Waals surface area contributed by atoms with Crippen LogP contribution in [-0.2, 0) is 20.7 Å². The molecular formula is C11H13FO3. The zero-order chi connectivity index (χ0) is 11.3. The fourth-order valence-corrected chi connectivity index (χ4v) is 1.23. The molecule has 0 saturated carbocycles. The van der Waals surface area contributed by atoms with Gasteiger partial charge in [-0.15, -0.1) is 0 Å². The average Bonchev–Trinajstić information content (AvgIpc) is 2.27. The molecule has 0 unspecified atom stereocenters. The van der Waals surface area contributed by atoms with Crippen molar-refractivity contribution in [3.8, 4) is 0 Å². The van der Waals surface area contributed by atoms with Gasteiger partial charge in [-0.05, 0) is 17.7 Å². The van der Waals surface area contributed by atoms with Crippen LogP contribution in [-0.4, -0.2) is 26.3 Å². The fourth-order valence-electron chi connectivity index (χ4n) is 1.23. The number of hydrogen-bond acceptors (Lipinski definition) is 3. The molecular weight excluding hydrogens is 199 g/mol. The third kappa shape index (κ3) is 3.32. The molecule has 0 fully saturated rings. The number of halogens is 1. The van der Waals surface area contributed by atoms with Crippen molar-refractivity contribution in [3.63, 3.8) is 0 Å². The van der Waals surface area contributed by atoms with Gasteiger partial charge in [0, 0.05) is 13.5 Å². The first kappa shape index (κ1) is 11.7. The van der Waals surface area contributed by atoms with Crippen LogP contribution in [0.5, 0.6) is 0 Å². The summed E-state index contributed by atoms with van der Waals surface area (Å²) < 4.78 is 22.1. The molecule has 0 radical (unpaired) electrons. The van der Waals surface area contributed by atoms with E-state index in [1.807, 2.05) is 0 Å². The van der Waals surface area contributed by atoms with Gasteiger partial charge in [-0.3, -0.25) is 0 Å². The lowest BCUT2D eigenvalue weighted by Gasteiger charge is -2.12. The molecule has 0 bridgehead atoms. The number of rotatable bonds is 4. The van der Waals surface area contributed by atoms with Gasteiger partial charge in [0.2, 0.25) is 0 Å². The predicted molar refractivity (Wildman–Crippen MR) is 52.9 cm³/mol. The van der Waals surface area contributed by atoms with Gasteiger partial charge in [-0.25, -0.2) is 9.18 Å². The molecule has 0 aliphatic heterocycles. The summed E-state index contributed by atoms with van der Waals surface area (Å²) in [6, 6.07) is 5.92. The maximum absolute atomic E-state index is 12.6. The second kappa shape index (κ2) is 5.46. The lowest BCUT2D eigenvalue weighted by atomic mass is 10.1. The summed E-state index contributed by atoms with van der Waals surface area (Å²) in [6.07, 6.45) is -0.260. The molecule has 1 aromatic rings. The summed E-state index contributed by atoms with van der Waals surface area (Å²) in [4.78, 5) is 11.2. The fraction of sp³-hybridized carbons (Fsp3) is 0.364. The van der Waals surface area contributed by atoms with E-state index < -0.39 is 12.1 Å². The van der Waals surface area contributed by atoms with Crippen LogP contribution in [0.3, 0.4) is 0 Å². The van der Waals surface area contributed by atoms with E-state index in [-0.39, 0.29) is 5.82 Å². The monoisotopic (exact) mass is 212 g/mol. The van der Waals surface area contributed by atoms with E-state index in [0.717, 1.165) is 5.56 Å². The van der Waals surface area contributed by atoms with Gasteiger partial charge in [-0.2, -0.15) is 0 Å². The first-order valence-electron chi connectivity index (χ1n) is 4.52. The van der Waals surface area contributed by atoms with E-state index in [9.17, 15) is 9.18 Å². The predicted octanol–water partition coefficient (Wildman–Crippen LogP) is 1.56. The highest BCUT2D eigenvalue weighted by Crippen LogP contribution is 2.08. The summed E-state index contributed by atoms with van der Waals surface area (Å²) >= 11 is 0. The zero-order valence-corrected chi connectivity index (χ0v) is 8.70. The molecule has 1 aromatic carbocycles. The largest absolute Gasteiger partial charge is 0.467 e. The van der Waals surface area contributed by atoms with Crippen LogP contribution in [0.1, 0.15) is 5.56 Å². The molecule has 15 heavy (non-hydrogen) atoms. The van der Waals surface area contributed by atoms with E-state index in [4.69, 9.17) is 4.74 Å². The Bertz CT molecular complexity index is 321. The van der Waals surface area contributed by atoms with E-state index in [1.54, 1.807) is 12.1 Å². The molecule has 0 N–H and O–H groups in total. The third-order valence-electron chi connectivity index (χ3n) is 2.08. The second-order valence-electron chi connectivity index (χ2n) is 3.08. The Hall–Kier alpha value is -1.42. The van der Waals surface area contributed by atoms with Gasteiger partial charge in [0.25, 0.3) is 0 Å². The zero-order valence-electron chi connectivity index (χ0n) is 8.70. The van der Waals surface area contributed by atoms with Gasteiger partial charge in [0.05, 0.1) is 7.11 Å². The van der Waals surface area contributed by atoms with Crippen LogP contribution in [0.4, 0.5) is 4.39 Å². The Kier molecular flexibility index (Phi) is 4.24. The second-order valence-corrected chi connectivity index (χ2v) is 3.08. The number of carbonyl (C=O) groups is 1. The Labute approximate surface area is 87.8 Å². The molecule has 0 aliphatic carbocycles. The molecule has 1 atom stereocenters. The smallest absolute Gasteiger partial charge is 0.335 e. The maximum Gasteiger partial charge on any atom is 0.335 e. The molecule has 0 aromatic heterocycles. The average molecular weight is 212 g/mol. The van der Waals surface area contributed by atoms with E-state index >= 15 is 0 Å². The maximum atomic E-state index is 12.6. The quantitative estimate of drug-likeness (QED) is 0.710. The first-order valence-corrected chi connectivity index (χ1v) is 4.52. The van der Waals surface area contributed by atoms with Crippen molar-refractivity contribution in [2.24, 2.45) is 0 Å². The number of benzene rings is 1. The van der Waals surface area contributed by atoms with Crippen LogP contribution < -0.4 is 0 Å². The molecule has 0 spiro atoms. The lowest BCUT2D eigenvalue weighted by molar-refractivity contribution is -0.152. The Morgan fingerprint density at radius 1 is 1.33 bits per heavy atom. The minimum Gasteiger partial charge on any atom is -0.467 e. The first-order chi connectivity index (χ1) is 7.17. The van der Waals surface area contributed by atoms with E-state index in [2.05, 4.69) is 4.74 Å². The topological polar surface area (TPSA) is 35.5 Å². The minimum atomic E-state index is -0.638. The lowest BCUT2D eigenvalue weighted by Crippen LogP contribution is -2.26. The van der Waals surface area contributed by atoms with Gasteiger partial charge < -0.3 is 9.47 Å². The molecule has 0 saturated heterocycles. The van der Waals surface area contributed by atoms with Crippen LogP contribution in [0.2, 0.25) is 0 Å². The van der Waals surface area contributed by atoms with Crippen LogP contribution >= 0.6 is 0 Å². The number of esters is 1. The summed E-state index contributed by atoms with van der Waals surface area (Å²) in [5.74, 6) is -0.729. The van der Waals surface area contributed by atoms with Gasteiger partial charge in [-0.1, -0.05) is 12.1 Å². The molecule has 0 amide bonds. The Balaban J connectivity index is 2.66. The standard InChI is InChI=1S/C11H13FO3/c1-14-10(11(13)15-2)7-8-3-5-9(12)6-4-8/h3-6,10H,7H2,1-2H3/t10-/m0/s1.